The second-order valence-electron chi connectivity index (χ2n) is 7.42. The second-order valence-corrected chi connectivity index (χ2v) is 7.83. The van der Waals surface area contributed by atoms with E-state index >= 15 is 0 Å². The maximum absolute atomic E-state index is 13.2. The van der Waals surface area contributed by atoms with E-state index in [9.17, 15) is 14.0 Å². The number of amides is 2. The molecule has 2 aromatic rings. The Balaban J connectivity index is 1.66. The van der Waals surface area contributed by atoms with E-state index in [0.717, 1.165) is 50.5 Å². The number of fused-ring (bicyclic) bond motifs is 2. The molecule has 2 heterocycles. The molecule has 0 aliphatic carbocycles. The summed E-state index contributed by atoms with van der Waals surface area (Å²) < 4.78 is 13.2. The molecule has 1 N–H and O–H groups in total. The van der Waals surface area contributed by atoms with Gasteiger partial charge in [0.25, 0.3) is 11.8 Å². The highest BCUT2D eigenvalue weighted by Crippen LogP contribution is 2.35. The van der Waals surface area contributed by atoms with Crippen LogP contribution in [0.1, 0.15) is 53.3 Å². The number of benzene rings is 2. The van der Waals surface area contributed by atoms with E-state index in [2.05, 4.69) is 17.1 Å². The molecule has 0 bridgehead atoms. The number of rotatable bonds is 3. The molecular weight excluding hydrogens is 393 g/mol. The van der Waals surface area contributed by atoms with Crippen LogP contribution < -0.4 is 10.2 Å². The first kappa shape index (κ1) is 19.7. The van der Waals surface area contributed by atoms with Gasteiger partial charge in [-0.2, -0.15) is 0 Å². The predicted octanol–water partition coefficient (Wildman–Crippen LogP) is 4.91. The van der Waals surface area contributed by atoms with Gasteiger partial charge in [-0.1, -0.05) is 18.0 Å². The van der Waals surface area contributed by atoms with Gasteiger partial charge in [0.15, 0.2) is 0 Å². The van der Waals surface area contributed by atoms with Crippen molar-refractivity contribution >= 4 is 34.8 Å². The van der Waals surface area contributed by atoms with Gasteiger partial charge in [0.2, 0.25) is 0 Å². The van der Waals surface area contributed by atoms with Gasteiger partial charge in [-0.15, -0.1) is 0 Å². The molecular formula is C22H23ClFN3O2. The molecule has 2 amide bonds. The summed E-state index contributed by atoms with van der Waals surface area (Å²) in [7, 11) is 0. The lowest BCUT2D eigenvalue weighted by atomic mass is 10.0. The maximum Gasteiger partial charge on any atom is 0.257 e. The molecule has 1 fully saturated rings. The SMILES string of the molecule is CCN1c2cc(C(=O)Nc3ccc(F)cc3Cl)ccc2C(=O)N2CCCCCC21. The molecule has 0 aromatic heterocycles. The van der Waals surface area contributed by atoms with Crippen molar-refractivity contribution in [3.63, 3.8) is 0 Å². The zero-order valence-corrected chi connectivity index (χ0v) is 17.0. The van der Waals surface area contributed by atoms with Crippen molar-refractivity contribution in [3.8, 4) is 0 Å². The lowest BCUT2D eigenvalue weighted by Gasteiger charge is -2.44. The fourth-order valence-corrected chi connectivity index (χ4v) is 4.44. The van der Waals surface area contributed by atoms with Crippen molar-refractivity contribution in [2.75, 3.05) is 23.3 Å². The standard InChI is InChI=1S/C22H23ClFN3O2/c1-2-26-19-12-14(21(28)25-18-10-8-15(24)13-17(18)23)7-9-16(19)22(29)27-11-5-3-4-6-20(26)27/h7-10,12-13,20H,2-6,11H2,1H3,(H,25,28). The van der Waals surface area contributed by atoms with Crippen LogP contribution in [0.15, 0.2) is 36.4 Å². The average Bonchev–Trinajstić information content (AvgIpc) is 2.96. The van der Waals surface area contributed by atoms with Crippen LogP contribution in [0.25, 0.3) is 0 Å². The summed E-state index contributed by atoms with van der Waals surface area (Å²) in [5.41, 5.74) is 2.19. The van der Waals surface area contributed by atoms with E-state index in [0.29, 0.717) is 16.8 Å². The van der Waals surface area contributed by atoms with E-state index in [1.807, 2.05) is 4.90 Å². The Morgan fingerprint density at radius 3 is 2.79 bits per heavy atom. The van der Waals surface area contributed by atoms with Gasteiger partial charge in [-0.25, -0.2) is 4.39 Å². The van der Waals surface area contributed by atoms with E-state index in [1.165, 1.54) is 12.1 Å². The summed E-state index contributed by atoms with van der Waals surface area (Å²) in [5.74, 6) is -0.787. The lowest BCUT2D eigenvalue weighted by Crippen LogP contribution is -2.55. The number of nitrogens with one attached hydrogen (secondary N) is 1. The fraction of sp³-hybridized carbons (Fsp3) is 0.364. The van der Waals surface area contributed by atoms with Crippen LogP contribution in [0.2, 0.25) is 5.02 Å². The van der Waals surface area contributed by atoms with Gasteiger partial charge in [0.1, 0.15) is 12.0 Å². The predicted molar refractivity (Wildman–Crippen MR) is 112 cm³/mol. The summed E-state index contributed by atoms with van der Waals surface area (Å²) in [6.45, 7) is 3.58. The summed E-state index contributed by atoms with van der Waals surface area (Å²) in [5, 5.41) is 2.85. The van der Waals surface area contributed by atoms with Gasteiger partial charge in [-0.05, 0) is 62.6 Å². The lowest BCUT2D eigenvalue weighted by molar-refractivity contribution is 0.0656. The Hall–Kier alpha value is -2.60. The smallest absolute Gasteiger partial charge is 0.257 e. The van der Waals surface area contributed by atoms with Crippen LogP contribution in [-0.4, -0.2) is 36.0 Å². The van der Waals surface area contributed by atoms with Crippen LogP contribution in [0.3, 0.4) is 0 Å². The second kappa shape index (κ2) is 8.03. The normalized spacial score (nSPS) is 18.7. The number of halogens is 2. The van der Waals surface area contributed by atoms with Gasteiger partial charge >= 0.3 is 0 Å². The molecule has 1 unspecified atom stereocenters. The molecule has 29 heavy (non-hydrogen) atoms. The summed E-state index contributed by atoms with van der Waals surface area (Å²) >= 11 is 6.02. The number of anilines is 2. The van der Waals surface area contributed by atoms with E-state index in [-0.39, 0.29) is 23.0 Å². The molecule has 0 radical (unpaired) electrons. The molecule has 0 saturated carbocycles. The van der Waals surface area contributed by atoms with Gasteiger partial charge in [-0.3, -0.25) is 9.59 Å². The van der Waals surface area contributed by atoms with Gasteiger partial charge < -0.3 is 15.1 Å². The van der Waals surface area contributed by atoms with Crippen LogP contribution in [-0.2, 0) is 0 Å². The van der Waals surface area contributed by atoms with Gasteiger partial charge in [0, 0.05) is 18.7 Å². The minimum absolute atomic E-state index is 0.0325. The first-order valence-corrected chi connectivity index (χ1v) is 10.4. The highest BCUT2D eigenvalue weighted by atomic mass is 35.5. The van der Waals surface area contributed by atoms with Gasteiger partial charge in [0.05, 0.1) is 22.0 Å². The highest BCUT2D eigenvalue weighted by Gasteiger charge is 2.37. The van der Waals surface area contributed by atoms with Crippen molar-refractivity contribution in [1.82, 2.24) is 4.90 Å². The Bertz CT molecular complexity index is 965. The van der Waals surface area contributed by atoms with Crippen molar-refractivity contribution < 1.29 is 14.0 Å². The van der Waals surface area contributed by atoms with E-state index in [4.69, 9.17) is 11.6 Å². The molecule has 2 aliphatic heterocycles. The Labute approximate surface area is 174 Å². The third kappa shape index (κ3) is 3.69. The Kier molecular flexibility index (Phi) is 5.46. The molecule has 7 heteroatoms. The quantitative estimate of drug-likeness (QED) is 0.774. The number of nitrogens with zero attached hydrogens (tertiary/aromatic N) is 2. The summed E-state index contributed by atoms with van der Waals surface area (Å²) in [6.07, 6.45) is 4.20. The Morgan fingerprint density at radius 1 is 1.21 bits per heavy atom. The van der Waals surface area contributed by atoms with Crippen LogP contribution >= 0.6 is 11.6 Å². The van der Waals surface area contributed by atoms with Crippen LogP contribution in [0.5, 0.6) is 0 Å². The zero-order chi connectivity index (χ0) is 20.5. The Morgan fingerprint density at radius 2 is 2.03 bits per heavy atom. The largest absolute Gasteiger partial charge is 0.351 e. The summed E-state index contributed by atoms with van der Waals surface area (Å²) in [4.78, 5) is 30.0. The van der Waals surface area contributed by atoms with Crippen LogP contribution in [0, 0.1) is 5.82 Å². The number of hydrogen-bond acceptors (Lipinski definition) is 3. The minimum Gasteiger partial charge on any atom is -0.351 e. The zero-order valence-electron chi connectivity index (χ0n) is 16.3. The van der Waals surface area contributed by atoms with E-state index < -0.39 is 5.82 Å². The number of carbonyl (C=O) groups excluding carboxylic acids is 2. The van der Waals surface area contributed by atoms with Crippen molar-refractivity contribution in [1.29, 1.82) is 0 Å². The first-order valence-electron chi connectivity index (χ1n) is 9.97. The average molecular weight is 416 g/mol. The molecule has 4 rings (SSSR count). The highest BCUT2D eigenvalue weighted by molar-refractivity contribution is 6.34. The molecule has 2 aliphatic rings. The third-order valence-electron chi connectivity index (χ3n) is 5.66. The number of carbonyl (C=O) groups is 2. The molecule has 152 valence electrons. The molecule has 1 atom stereocenters. The number of hydrogen-bond donors (Lipinski definition) is 1. The fourth-order valence-electron chi connectivity index (χ4n) is 4.22. The maximum atomic E-state index is 13.2. The van der Waals surface area contributed by atoms with Crippen molar-refractivity contribution in [2.24, 2.45) is 0 Å². The van der Waals surface area contributed by atoms with Crippen molar-refractivity contribution in [3.05, 3.63) is 58.4 Å². The topological polar surface area (TPSA) is 52.7 Å². The van der Waals surface area contributed by atoms with Crippen LogP contribution in [0.4, 0.5) is 15.8 Å². The molecule has 1 saturated heterocycles. The first-order chi connectivity index (χ1) is 14.0. The molecule has 2 aromatic carbocycles. The monoisotopic (exact) mass is 415 g/mol. The molecule has 5 nitrogen and oxygen atoms in total. The van der Waals surface area contributed by atoms with E-state index in [1.54, 1.807) is 18.2 Å². The third-order valence-corrected chi connectivity index (χ3v) is 5.97. The summed E-state index contributed by atoms with van der Waals surface area (Å²) in [6, 6.07) is 8.97. The molecule has 0 spiro atoms. The minimum atomic E-state index is -0.466. The van der Waals surface area contributed by atoms with Crippen molar-refractivity contribution in [2.45, 2.75) is 38.8 Å².